The average Bonchev–Trinajstić information content (AvgIpc) is 2.99. The van der Waals surface area contributed by atoms with Crippen molar-refractivity contribution < 1.29 is 14.6 Å². The van der Waals surface area contributed by atoms with Gasteiger partial charge in [0.2, 0.25) is 0 Å². The number of benzene rings is 3. The quantitative estimate of drug-likeness (QED) is 0.552. The summed E-state index contributed by atoms with van der Waals surface area (Å²) in [6.07, 6.45) is 0. The lowest BCUT2D eigenvalue weighted by Crippen LogP contribution is -2.03. The minimum atomic E-state index is -0.940. The van der Waals surface area contributed by atoms with E-state index in [1.54, 1.807) is 18.2 Å². The Morgan fingerprint density at radius 3 is 2.41 bits per heavy atom. The molecule has 0 atom stereocenters. The smallest absolute Gasteiger partial charge is 0.335 e. The summed E-state index contributed by atoms with van der Waals surface area (Å²) in [5.74, 6) is 1.47. The van der Waals surface area contributed by atoms with E-state index >= 15 is 0 Å². The SMILES string of the molecule is Cc1nc2ccc(C(=O)O)cc2n1Cc1ccc(Oc2ccccc2)cc1. The number of aromatic carboxylic acids is 1. The predicted octanol–water partition coefficient (Wildman–Crippen LogP) is 4.88. The van der Waals surface area contributed by atoms with Crippen LogP contribution in [0.4, 0.5) is 0 Å². The van der Waals surface area contributed by atoms with Gasteiger partial charge < -0.3 is 14.4 Å². The third kappa shape index (κ3) is 3.53. The molecule has 0 amide bonds. The molecular formula is C22H18N2O3. The van der Waals surface area contributed by atoms with Crippen LogP contribution in [0.1, 0.15) is 21.7 Å². The Balaban J connectivity index is 1.59. The van der Waals surface area contributed by atoms with Gasteiger partial charge in [0.15, 0.2) is 0 Å². The van der Waals surface area contributed by atoms with Crippen molar-refractivity contribution in [1.29, 1.82) is 0 Å². The highest BCUT2D eigenvalue weighted by Gasteiger charge is 2.11. The standard InChI is InChI=1S/C22H18N2O3/c1-15-23-20-12-9-17(22(25)26)13-21(20)24(15)14-16-7-10-19(11-8-16)27-18-5-3-2-4-6-18/h2-13H,14H2,1H3,(H,25,26). The van der Waals surface area contributed by atoms with Crippen LogP contribution in [0.3, 0.4) is 0 Å². The maximum absolute atomic E-state index is 11.3. The molecule has 0 saturated heterocycles. The summed E-state index contributed by atoms with van der Waals surface area (Å²) in [5, 5.41) is 9.24. The first-order valence-corrected chi connectivity index (χ1v) is 8.62. The largest absolute Gasteiger partial charge is 0.478 e. The molecule has 0 unspecified atom stereocenters. The molecule has 4 rings (SSSR count). The summed E-state index contributed by atoms with van der Waals surface area (Å²) in [6, 6.07) is 22.5. The summed E-state index contributed by atoms with van der Waals surface area (Å²) < 4.78 is 7.84. The van der Waals surface area contributed by atoms with Crippen molar-refractivity contribution in [1.82, 2.24) is 9.55 Å². The van der Waals surface area contributed by atoms with Gasteiger partial charge in [-0.3, -0.25) is 0 Å². The van der Waals surface area contributed by atoms with Crippen molar-refractivity contribution in [2.24, 2.45) is 0 Å². The highest BCUT2D eigenvalue weighted by atomic mass is 16.5. The molecule has 1 aromatic heterocycles. The molecule has 1 heterocycles. The molecule has 0 spiro atoms. The number of rotatable bonds is 5. The van der Waals surface area contributed by atoms with Gasteiger partial charge in [-0.15, -0.1) is 0 Å². The van der Waals surface area contributed by atoms with E-state index in [0.717, 1.165) is 33.9 Å². The predicted molar refractivity (Wildman–Crippen MR) is 103 cm³/mol. The third-order valence-electron chi connectivity index (χ3n) is 4.43. The Labute approximate surface area is 156 Å². The maximum Gasteiger partial charge on any atom is 0.335 e. The van der Waals surface area contributed by atoms with E-state index < -0.39 is 5.97 Å². The Hall–Kier alpha value is -3.60. The van der Waals surface area contributed by atoms with E-state index in [2.05, 4.69) is 4.98 Å². The van der Waals surface area contributed by atoms with Crippen LogP contribution >= 0.6 is 0 Å². The Bertz CT molecular complexity index is 1100. The number of hydrogen-bond donors (Lipinski definition) is 1. The van der Waals surface area contributed by atoms with E-state index in [1.807, 2.05) is 66.1 Å². The number of hydrogen-bond acceptors (Lipinski definition) is 3. The fourth-order valence-corrected chi connectivity index (χ4v) is 3.05. The van der Waals surface area contributed by atoms with Gasteiger partial charge in [0.05, 0.1) is 16.6 Å². The van der Waals surface area contributed by atoms with Gasteiger partial charge in [-0.25, -0.2) is 9.78 Å². The lowest BCUT2D eigenvalue weighted by Gasteiger charge is -2.09. The number of carbonyl (C=O) groups is 1. The van der Waals surface area contributed by atoms with Crippen molar-refractivity contribution in [3.8, 4) is 11.5 Å². The molecule has 0 bridgehead atoms. The fraction of sp³-hybridized carbons (Fsp3) is 0.0909. The molecule has 0 saturated carbocycles. The summed E-state index contributed by atoms with van der Waals surface area (Å²) in [7, 11) is 0. The Morgan fingerprint density at radius 1 is 1.00 bits per heavy atom. The van der Waals surface area contributed by atoms with Crippen LogP contribution in [-0.4, -0.2) is 20.6 Å². The maximum atomic E-state index is 11.3. The fourth-order valence-electron chi connectivity index (χ4n) is 3.05. The number of ether oxygens (including phenoxy) is 1. The second-order valence-electron chi connectivity index (χ2n) is 6.31. The first kappa shape index (κ1) is 16.8. The Morgan fingerprint density at radius 2 is 1.70 bits per heavy atom. The molecule has 27 heavy (non-hydrogen) atoms. The van der Waals surface area contributed by atoms with E-state index in [9.17, 15) is 9.90 Å². The summed E-state index contributed by atoms with van der Waals surface area (Å²) >= 11 is 0. The number of fused-ring (bicyclic) bond motifs is 1. The van der Waals surface area contributed by atoms with Crippen molar-refractivity contribution >= 4 is 17.0 Å². The normalized spacial score (nSPS) is 10.9. The molecule has 5 nitrogen and oxygen atoms in total. The zero-order valence-electron chi connectivity index (χ0n) is 14.8. The zero-order chi connectivity index (χ0) is 18.8. The summed E-state index contributed by atoms with van der Waals surface area (Å²) in [6.45, 7) is 2.53. The minimum absolute atomic E-state index is 0.259. The molecule has 3 aromatic carbocycles. The van der Waals surface area contributed by atoms with Gasteiger partial charge >= 0.3 is 5.97 Å². The average molecular weight is 358 g/mol. The lowest BCUT2D eigenvalue weighted by atomic mass is 10.2. The highest BCUT2D eigenvalue weighted by Crippen LogP contribution is 2.23. The molecule has 0 radical (unpaired) electrons. The summed E-state index contributed by atoms with van der Waals surface area (Å²) in [5.41, 5.74) is 2.95. The van der Waals surface area contributed by atoms with Gasteiger partial charge in [-0.05, 0) is 55.0 Å². The van der Waals surface area contributed by atoms with Gasteiger partial charge in [-0.2, -0.15) is 0 Å². The van der Waals surface area contributed by atoms with E-state index in [-0.39, 0.29) is 5.56 Å². The van der Waals surface area contributed by atoms with Crippen LogP contribution in [-0.2, 0) is 6.54 Å². The van der Waals surface area contributed by atoms with Crippen LogP contribution in [0.25, 0.3) is 11.0 Å². The van der Waals surface area contributed by atoms with Gasteiger partial charge in [0.1, 0.15) is 17.3 Å². The lowest BCUT2D eigenvalue weighted by molar-refractivity contribution is 0.0697. The van der Waals surface area contributed by atoms with Crippen molar-refractivity contribution in [3.63, 3.8) is 0 Å². The van der Waals surface area contributed by atoms with E-state index in [1.165, 1.54) is 0 Å². The van der Waals surface area contributed by atoms with Crippen LogP contribution in [0.2, 0.25) is 0 Å². The number of aryl methyl sites for hydroxylation is 1. The molecule has 134 valence electrons. The third-order valence-corrected chi connectivity index (χ3v) is 4.43. The number of para-hydroxylation sites is 1. The minimum Gasteiger partial charge on any atom is -0.478 e. The second-order valence-corrected chi connectivity index (χ2v) is 6.31. The molecule has 4 aromatic rings. The molecule has 0 aliphatic carbocycles. The highest BCUT2D eigenvalue weighted by molar-refractivity contribution is 5.92. The van der Waals surface area contributed by atoms with Crippen molar-refractivity contribution in [2.75, 3.05) is 0 Å². The number of carboxylic acids is 1. The molecule has 0 fully saturated rings. The first-order chi connectivity index (χ1) is 13.1. The van der Waals surface area contributed by atoms with Crippen LogP contribution < -0.4 is 4.74 Å². The monoisotopic (exact) mass is 358 g/mol. The number of nitrogens with zero attached hydrogens (tertiary/aromatic N) is 2. The zero-order valence-corrected chi connectivity index (χ0v) is 14.8. The van der Waals surface area contributed by atoms with Gasteiger partial charge in [-0.1, -0.05) is 30.3 Å². The van der Waals surface area contributed by atoms with Crippen molar-refractivity contribution in [2.45, 2.75) is 13.5 Å². The van der Waals surface area contributed by atoms with Crippen LogP contribution in [0.5, 0.6) is 11.5 Å². The summed E-state index contributed by atoms with van der Waals surface area (Å²) in [4.78, 5) is 15.8. The number of aromatic nitrogens is 2. The van der Waals surface area contributed by atoms with E-state index in [4.69, 9.17) is 4.74 Å². The molecular weight excluding hydrogens is 340 g/mol. The van der Waals surface area contributed by atoms with Gasteiger partial charge in [0.25, 0.3) is 0 Å². The topological polar surface area (TPSA) is 64.3 Å². The second kappa shape index (κ2) is 6.96. The van der Waals surface area contributed by atoms with Crippen LogP contribution in [0.15, 0.2) is 72.8 Å². The first-order valence-electron chi connectivity index (χ1n) is 8.62. The molecule has 0 aliphatic heterocycles. The molecule has 5 heteroatoms. The van der Waals surface area contributed by atoms with E-state index in [0.29, 0.717) is 6.54 Å². The number of carboxylic acid groups (broad SMARTS) is 1. The van der Waals surface area contributed by atoms with Crippen LogP contribution in [0, 0.1) is 6.92 Å². The van der Waals surface area contributed by atoms with Crippen molar-refractivity contribution in [3.05, 3.63) is 89.7 Å². The number of imidazole rings is 1. The molecule has 1 N–H and O–H groups in total. The molecule has 0 aliphatic rings. The van der Waals surface area contributed by atoms with Gasteiger partial charge in [0, 0.05) is 6.54 Å². The Kier molecular flexibility index (Phi) is 4.34.